The Morgan fingerprint density at radius 3 is 2.74 bits per heavy atom. The van der Waals surface area contributed by atoms with Crippen LogP contribution >= 0.6 is 0 Å². The lowest BCUT2D eigenvalue weighted by molar-refractivity contribution is -0.132. The molecule has 31 heavy (non-hydrogen) atoms. The number of carbonyl (C=O) groups is 1. The van der Waals surface area contributed by atoms with Crippen LogP contribution in [0.15, 0.2) is 47.0 Å². The molecule has 1 aliphatic rings. The van der Waals surface area contributed by atoms with Gasteiger partial charge in [-0.25, -0.2) is 4.39 Å². The summed E-state index contributed by atoms with van der Waals surface area (Å²) >= 11 is 0. The molecule has 1 amide bonds. The van der Waals surface area contributed by atoms with Crippen molar-refractivity contribution in [2.75, 3.05) is 20.3 Å². The smallest absolute Gasteiger partial charge is 0.223 e. The van der Waals surface area contributed by atoms with Crippen LogP contribution < -0.4 is 9.47 Å². The molecule has 1 aliphatic heterocycles. The van der Waals surface area contributed by atoms with Gasteiger partial charge in [-0.15, -0.1) is 0 Å². The Morgan fingerprint density at radius 1 is 1.19 bits per heavy atom. The van der Waals surface area contributed by atoms with Gasteiger partial charge in [0.15, 0.2) is 17.3 Å². The zero-order valence-corrected chi connectivity index (χ0v) is 17.7. The highest BCUT2D eigenvalue weighted by atomic mass is 19.1. The number of aromatic nitrogens is 1. The second kappa shape index (κ2) is 9.20. The largest absolute Gasteiger partial charge is 0.493 e. The minimum absolute atomic E-state index is 0.0739. The second-order valence-corrected chi connectivity index (χ2v) is 7.43. The van der Waals surface area contributed by atoms with Crippen molar-refractivity contribution in [1.82, 2.24) is 10.1 Å². The van der Waals surface area contributed by atoms with Crippen LogP contribution in [0.4, 0.5) is 4.39 Å². The predicted molar refractivity (Wildman–Crippen MR) is 114 cm³/mol. The van der Waals surface area contributed by atoms with E-state index in [1.165, 1.54) is 12.1 Å². The Morgan fingerprint density at radius 2 is 2.00 bits per heavy atom. The van der Waals surface area contributed by atoms with Crippen LogP contribution in [0.2, 0.25) is 0 Å². The van der Waals surface area contributed by atoms with Gasteiger partial charge in [0, 0.05) is 24.1 Å². The summed E-state index contributed by atoms with van der Waals surface area (Å²) in [6.45, 7) is 3.52. The fourth-order valence-electron chi connectivity index (χ4n) is 3.82. The highest BCUT2D eigenvalue weighted by Gasteiger charge is 2.27. The number of ether oxygens (including phenoxy) is 2. The van der Waals surface area contributed by atoms with Crippen LogP contribution in [0.25, 0.3) is 11.3 Å². The fraction of sp³-hybridized carbons (Fsp3) is 0.333. The number of fused-ring (bicyclic) bond motifs is 1. The topological polar surface area (TPSA) is 64.8 Å². The standard InChI is InChI=1S/C24H25FN2O4/c1-3-30-21-10-4-16(14-22(21)29-2)5-11-23(28)27-13-12-19-20(15-27)26-31-24(19)17-6-8-18(25)9-7-17/h4,6-10,14H,3,5,11-13,15H2,1-2H3. The average molecular weight is 424 g/mol. The third kappa shape index (κ3) is 4.55. The molecular formula is C24H25FN2O4. The normalized spacial score (nSPS) is 13.1. The molecule has 1 aromatic heterocycles. The molecule has 0 unspecified atom stereocenters. The van der Waals surface area contributed by atoms with Crippen molar-refractivity contribution >= 4 is 5.91 Å². The summed E-state index contributed by atoms with van der Waals surface area (Å²) in [5, 5.41) is 4.16. The summed E-state index contributed by atoms with van der Waals surface area (Å²) in [5.41, 5.74) is 3.57. The molecule has 4 rings (SSSR count). The molecule has 0 atom stereocenters. The van der Waals surface area contributed by atoms with Crippen molar-refractivity contribution in [2.24, 2.45) is 0 Å². The van der Waals surface area contributed by atoms with Crippen molar-refractivity contribution in [2.45, 2.75) is 32.7 Å². The van der Waals surface area contributed by atoms with Gasteiger partial charge in [0.1, 0.15) is 11.5 Å². The quantitative estimate of drug-likeness (QED) is 0.562. The number of carbonyl (C=O) groups excluding carboxylic acids is 1. The van der Waals surface area contributed by atoms with Crippen LogP contribution in [0, 0.1) is 5.82 Å². The molecule has 0 aliphatic carbocycles. The van der Waals surface area contributed by atoms with Gasteiger partial charge >= 0.3 is 0 Å². The number of aryl methyl sites for hydroxylation is 1. The molecule has 0 radical (unpaired) electrons. The first-order valence-corrected chi connectivity index (χ1v) is 10.4. The molecule has 162 valence electrons. The summed E-state index contributed by atoms with van der Waals surface area (Å²) in [6, 6.07) is 11.9. The number of amides is 1. The molecule has 0 saturated heterocycles. The van der Waals surface area contributed by atoms with Crippen molar-refractivity contribution in [1.29, 1.82) is 0 Å². The van der Waals surface area contributed by atoms with E-state index in [0.717, 1.165) is 22.4 Å². The summed E-state index contributed by atoms with van der Waals surface area (Å²) in [6.07, 6.45) is 1.67. The van der Waals surface area contributed by atoms with Crippen molar-refractivity contribution in [3.8, 4) is 22.8 Å². The van der Waals surface area contributed by atoms with Crippen LogP contribution in [-0.4, -0.2) is 36.2 Å². The molecule has 0 fully saturated rings. The third-order valence-corrected chi connectivity index (χ3v) is 5.46. The van der Waals surface area contributed by atoms with E-state index >= 15 is 0 Å². The molecular weight excluding hydrogens is 399 g/mol. The van der Waals surface area contributed by atoms with Crippen LogP contribution in [-0.2, 0) is 24.2 Å². The van der Waals surface area contributed by atoms with Gasteiger partial charge in [-0.2, -0.15) is 0 Å². The van der Waals surface area contributed by atoms with Gasteiger partial charge in [-0.05, 0) is 61.7 Å². The molecule has 2 heterocycles. The first-order chi connectivity index (χ1) is 15.1. The number of benzene rings is 2. The molecule has 0 saturated carbocycles. The van der Waals surface area contributed by atoms with E-state index in [-0.39, 0.29) is 11.7 Å². The summed E-state index contributed by atoms with van der Waals surface area (Å²) in [5.74, 6) is 1.81. The van der Waals surface area contributed by atoms with E-state index < -0.39 is 0 Å². The van der Waals surface area contributed by atoms with Gasteiger partial charge in [0.25, 0.3) is 0 Å². The Kier molecular flexibility index (Phi) is 6.21. The first kappa shape index (κ1) is 20.9. The molecule has 7 heteroatoms. The molecule has 0 bridgehead atoms. The maximum absolute atomic E-state index is 13.2. The fourth-order valence-corrected chi connectivity index (χ4v) is 3.82. The predicted octanol–water partition coefficient (Wildman–Crippen LogP) is 4.41. The first-order valence-electron chi connectivity index (χ1n) is 10.4. The lowest BCUT2D eigenvalue weighted by atomic mass is 10.00. The maximum Gasteiger partial charge on any atom is 0.223 e. The van der Waals surface area contributed by atoms with Crippen LogP contribution in [0.1, 0.15) is 30.2 Å². The molecule has 0 N–H and O–H groups in total. The molecule has 0 spiro atoms. The number of hydrogen-bond donors (Lipinski definition) is 0. The minimum atomic E-state index is -0.293. The highest BCUT2D eigenvalue weighted by molar-refractivity contribution is 5.77. The Labute approximate surface area is 180 Å². The lowest BCUT2D eigenvalue weighted by Crippen LogP contribution is -2.36. The van der Waals surface area contributed by atoms with E-state index in [0.29, 0.717) is 56.2 Å². The lowest BCUT2D eigenvalue weighted by Gasteiger charge is -2.26. The zero-order chi connectivity index (χ0) is 21.8. The Bertz CT molecular complexity index is 1060. The third-order valence-electron chi connectivity index (χ3n) is 5.46. The summed E-state index contributed by atoms with van der Waals surface area (Å²) in [4.78, 5) is 14.6. The van der Waals surface area contributed by atoms with Gasteiger partial charge in [0.2, 0.25) is 5.91 Å². The Balaban J connectivity index is 1.39. The van der Waals surface area contributed by atoms with Gasteiger partial charge in [-0.3, -0.25) is 4.79 Å². The van der Waals surface area contributed by atoms with E-state index in [9.17, 15) is 9.18 Å². The summed E-state index contributed by atoms with van der Waals surface area (Å²) < 4.78 is 29.6. The van der Waals surface area contributed by atoms with Gasteiger partial charge in [-0.1, -0.05) is 11.2 Å². The van der Waals surface area contributed by atoms with Crippen molar-refractivity contribution in [3.63, 3.8) is 0 Å². The van der Waals surface area contributed by atoms with E-state index in [4.69, 9.17) is 14.0 Å². The highest BCUT2D eigenvalue weighted by Crippen LogP contribution is 2.31. The number of methoxy groups -OCH3 is 1. The van der Waals surface area contributed by atoms with Crippen molar-refractivity contribution in [3.05, 3.63) is 65.1 Å². The Hall–Kier alpha value is -3.35. The molecule has 2 aromatic carbocycles. The van der Waals surface area contributed by atoms with Crippen LogP contribution in [0.3, 0.4) is 0 Å². The zero-order valence-electron chi connectivity index (χ0n) is 17.7. The molecule has 3 aromatic rings. The van der Waals surface area contributed by atoms with Gasteiger partial charge < -0.3 is 18.9 Å². The molecule has 6 nitrogen and oxygen atoms in total. The average Bonchev–Trinajstić information content (AvgIpc) is 3.22. The van der Waals surface area contributed by atoms with Gasteiger partial charge in [0.05, 0.1) is 20.3 Å². The number of rotatable bonds is 7. The number of halogens is 1. The SMILES string of the molecule is CCOc1ccc(CCC(=O)N2CCc3c(noc3-c3ccc(F)cc3)C2)cc1OC. The van der Waals surface area contributed by atoms with E-state index in [2.05, 4.69) is 5.16 Å². The van der Waals surface area contributed by atoms with Crippen molar-refractivity contribution < 1.29 is 23.2 Å². The maximum atomic E-state index is 13.2. The second-order valence-electron chi connectivity index (χ2n) is 7.43. The number of nitrogens with zero attached hydrogens (tertiary/aromatic N) is 2. The number of hydrogen-bond acceptors (Lipinski definition) is 5. The van der Waals surface area contributed by atoms with E-state index in [1.807, 2.05) is 30.0 Å². The van der Waals surface area contributed by atoms with E-state index in [1.54, 1.807) is 19.2 Å². The monoisotopic (exact) mass is 424 g/mol. The van der Waals surface area contributed by atoms with Crippen LogP contribution in [0.5, 0.6) is 11.5 Å². The minimum Gasteiger partial charge on any atom is -0.493 e. The summed E-state index contributed by atoms with van der Waals surface area (Å²) in [7, 11) is 1.61.